The maximum Gasteiger partial charge on any atom is 0.451 e. The second-order valence-electron chi connectivity index (χ2n) is 3.66. The van der Waals surface area contributed by atoms with Crippen LogP contribution in [0.4, 0.5) is 19.1 Å². The Balaban J connectivity index is 1.87. The van der Waals surface area contributed by atoms with E-state index in [2.05, 4.69) is 15.4 Å². The van der Waals surface area contributed by atoms with E-state index in [9.17, 15) is 18.0 Å². The van der Waals surface area contributed by atoms with Crippen LogP contribution in [0.15, 0.2) is 30.3 Å². The monoisotopic (exact) mass is 286 g/mol. The number of para-hydroxylation sites is 1. The molecule has 0 radical (unpaired) electrons. The number of halogens is 3. The minimum absolute atomic E-state index is 0.361. The lowest BCUT2D eigenvalue weighted by atomic mass is 10.3. The number of aromatic nitrogens is 3. The Labute approximate surface area is 111 Å². The third-order valence-corrected chi connectivity index (χ3v) is 2.12. The molecule has 1 heterocycles. The molecular formula is C11H9F3N4O2. The van der Waals surface area contributed by atoms with Gasteiger partial charge in [0.15, 0.2) is 6.61 Å². The number of H-pyrrole nitrogens is 1. The van der Waals surface area contributed by atoms with Gasteiger partial charge in [-0.1, -0.05) is 18.2 Å². The first-order valence-electron chi connectivity index (χ1n) is 5.42. The van der Waals surface area contributed by atoms with Crippen molar-refractivity contribution in [1.29, 1.82) is 0 Å². The summed E-state index contributed by atoms with van der Waals surface area (Å²) < 4.78 is 41.8. The SMILES string of the molecule is O=C(COc1ccccc1)Nc1n[nH]c(C(F)(F)F)n1. The predicted octanol–water partition coefficient (Wildman–Crippen LogP) is 1.84. The molecule has 106 valence electrons. The number of carbonyl (C=O) groups excluding carboxylic acids is 1. The summed E-state index contributed by atoms with van der Waals surface area (Å²) >= 11 is 0. The Morgan fingerprint density at radius 2 is 2.00 bits per heavy atom. The molecule has 0 atom stereocenters. The first-order valence-corrected chi connectivity index (χ1v) is 5.42. The summed E-state index contributed by atoms with van der Waals surface area (Å²) in [5.74, 6) is -1.94. The van der Waals surface area contributed by atoms with E-state index in [-0.39, 0.29) is 6.61 Å². The first-order chi connectivity index (χ1) is 9.45. The number of nitrogens with zero attached hydrogens (tertiary/aromatic N) is 2. The molecule has 1 amide bonds. The van der Waals surface area contributed by atoms with E-state index < -0.39 is 23.9 Å². The molecule has 6 nitrogen and oxygen atoms in total. The lowest BCUT2D eigenvalue weighted by Gasteiger charge is -2.04. The Kier molecular flexibility index (Phi) is 3.87. The van der Waals surface area contributed by atoms with Crippen LogP contribution in [-0.4, -0.2) is 27.7 Å². The van der Waals surface area contributed by atoms with Crippen LogP contribution in [0.3, 0.4) is 0 Å². The number of rotatable bonds is 4. The minimum atomic E-state index is -4.64. The Hall–Kier alpha value is -2.58. The highest BCUT2D eigenvalue weighted by Gasteiger charge is 2.35. The highest BCUT2D eigenvalue weighted by Crippen LogP contribution is 2.26. The Morgan fingerprint density at radius 1 is 1.30 bits per heavy atom. The van der Waals surface area contributed by atoms with Crippen molar-refractivity contribution in [2.45, 2.75) is 6.18 Å². The smallest absolute Gasteiger partial charge is 0.451 e. The number of aromatic amines is 1. The molecule has 20 heavy (non-hydrogen) atoms. The van der Waals surface area contributed by atoms with Gasteiger partial charge in [-0.25, -0.2) is 0 Å². The Morgan fingerprint density at radius 3 is 2.60 bits per heavy atom. The van der Waals surface area contributed by atoms with Crippen molar-refractivity contribution < 1.29 is 22.7 Å². The van der Waals surface area contributed by atoms with Crippen LogP contribution in [0.25, 0.3) is 0 Å². The molecule has 0 unspecified atom stereocenters. The molecule has 9 heteroatoms. The van der Waals surface area contributed by atoms with Gasteiger partial charge in [0.05, 0.1) is 0 Å². The van der Waals surface area contributed by atoms with Crippen molar-refractivity contribution in [2.75, 3.05) is 11.9 Å². The van der Waals surface area contributed by atoms with Gasteiger partial charge in [-0.15, -0.1) is 5.10 Å². The number of nitrogens with one attached hydrogen (secondary N) is 2. The fourth-order valence-electron chi connectivity index (χ4n) is 1.27. The van der Waals surface area contributed by atoms with E-state index in [1.54, 1.807) is 35.4 Å². The van der Waals surface area contributed by atoms with Crippen molar-refractivity contribution in [2.24, 2.45) is 0 Å². The van der Waals surface area contributed by atoms with Crippen LogP contribution in [0.5, 0.6) is 5.75 Å². The summed E-state index contributed by atoms with van der Waals surface area (Å²) in [7, 11) is 0. The van der Waals surface area contributed by atoms with Crippen molar-refractivity contribution in [3.8, 4) is 5.75 Å². The van der Waals surface area contributed by atoms with Gasteiger partial charge in [0.1, 0.15) is 5.75 Å². The fourth-order valence-corrected chi connectivity index (χ4v) is 1.27. The molecule has 0 saturated carbocycles. The maximum atomic E-state index is 12.2. The summed E-state index contributed by atoms with van der Waals surface area (Å²) in [6.45, 7) is -0.361. The summed E-state index contributed by atoms with van der Waals surface area (Å²) in [4.78, 5) is 14.5. The highest BCUT2D eigenvalue weighted by molar-refractivity contribution is 5.90. The molecule has 0 fully saturated rings. The summed E-state index contributed by atoms with van der Waals surface area (Å²) in [5, 5.41) is 7.00. The van der Waals surface area contributed by atoms with E-state index in [1.807, 2.05) is 0 Å². The summed E-state index contributed by atoms with van der Waals surface area (Å²) in [5.41, 5.74) is 0. The maximum absolute atomic E-state index is 12.2. The van der Waals surface area contributed by atoms with Gasteiger partial charge in [-0.05, 0) is 12.1 Å². The van der Waals surface area contributed by atoms with Gasteiger partial charge < -0.3 is 4.74 Å². The van der Waals surface area contributed by atoms with E-state index in [0.29, 0.717) is 5.75 Å². The predicted molar refractivity (Wildman–Crippen MR) is 62.0 cm³/mol. The normalized spacial score (nSPS) is 11.2. The Bertz CT molecular complexity index is 583. The molecule has 0 aliphatic carbocycles. The van der Waals surface area contributed by atoms with E-state index in [4.69, 9.17) is 4.74 Å². The number of benzene rings is 1. The van der Waals surface area contributed by atoms with Gasteiger partial charge in [-0.3, -0.25) is 15.2 Å². The third kappa shape index (κ3) is 3.70. The number of hydrogen-bond acceptors (Lipinski definition) is 4. The second-order valence-corrected chi connectivity index (χ2v) is 3.66. The van der Waals surface area contributed by atoms with E-state index in [1.165, 1.54) is 0 Å². The second kappa shape index (κ2) is 5.59. The molecular weight excluding hydrogens is 277 g/mol. The molecule has 0 saturated heterocycles. The van der Waals surface area contributed by atoms with Crippen LogP contribution in [0.1, 0.15) is 5.82 Å². The fraction of sp³-hybridized carbons (Fsp3) is 0.182. The van der Waals surface area contributed by atoms with Gasteiger partial charge in [0.25, 0.3) is 5.91 Å². The molecule has 0 aliphatic rings. The van der Waals surface area contributed by atoms with Crippen molar-refractivity contribution in [3.63, 3.8) is 0 Å². The molecule has 1 aromatic heterocycles. The molecule has 2 N–H and O–H groups in total. The number of ether oxygens (including phenoxy) is 1. The van der Waals surface area contributed by atoms with Crippen molar-refractivity contribution >= 4 is 11.9 Å². The van der Waals surface area contributed by atoms with Gasteiger partial charge >= 0.3 is 6.18 Å². The third-order valence-electron chi connectivity index (χ3n) is 2.12. The standard InChI is InChI=1S/C11H9F3N4O2/c12-11(13,14)9-16-10(18-17-9)15-8(19)6-20-7-4-2-1-3-5-7/h1-5H,6H2,(H2,15,16,17,18,19). The zero-order chi connectivity index (χ0) is 14.6. The van der Waals surface area contributed by atoms with Crippen LogP contribution >= 0.6 is 0 Å². The number of hydrogen-bond donors (Lipinski definition) is 2. The number of anilines is 1. The lowest BCUT2D eigenvalue weighted by Crippen LogP contribution is -2.21. The summed E-state index contributed by atoms with van der Waals surface area (Å²) in [6, 6.07) is 8.50. The molecule has 2 aromatic rings. The van der Waals surface area contributed by atoms with Gasteiger partial charge in [0, 0.05) is 0 Å². The highest BCUT2D eigenvalue weighted by atomic mass is 19.4. The average Bonchev–Trinajstić information content (AvgIpc) is 2.86. The van der Waals surface area contributed by atoms with E-state index in [0.717, 1.165) is 0 Å². The topological polar surface area (TPSA) is 79.9 Å². The van der Waals surface area contributed by atoms with Crippen molar-refractivity contribution in [3.05, 3.63) is 36.2 Å². The number of alkyl halides is 3. The average molecular weight is 286 g/mol. The number of carbonyl (C=O) groups is 1. The van der Waals surface area contributed by atoms with Crippen LogP contribution in [0.2, 0.25) is 0 Å². The summed E-state index contributed by atoms with van der Waals surface area (Å²) in [6.07, 6.45) is -4.64. The molecule has 1 aromatic carbocycles. The van der Waals surface area contributed by atoms with Crippen LogP contribution in [0, 0.1) is 0 Å². The molecule has 0 spiro atoms. The minimum Gasteiger partial charge on any atom is -0.484 e. The quantitative estimate of drug-likeness (QED) is 0.898. The van der Waals surface area contributed by atoms with Gasteiger partial charge in [-0.2, -0.15) is 18.2 Å². The van der Waals surface area contributed by atoms with Crippen LogP contribution in [-0.2, 0) is 11.0 Å². The molecule has 2 rings (SSSR count). The van der Waals surface area contributed by atoms with Crippen molar-refractivity contribution in [1.82, 2.24) is 15.2 Å². The van der Waals surface area contributed by atoms with Gasteiger partial charge in [0.2, 0.25) is 11.8 Å². The zero-order valence-electron chi connectivity index (χ0n) is 9.94. The first kappa shape index (κ1) is 13.8. The number of amides is 1. The largest absolute Gasteiger partial charge is 0.484 e. The lowest BCUT2D eigenvalue weighted by molar-refractivity contribution is -0.144. The van der Waals surface area contributed by atoms with Crippen LogP contribution < -0.4 is 10.1 Å². The van der Waals surface area contributed by atoms with E-state index >= 15 is 0 Å². The zero-order valence-corrected chi connectivity index (χ0v) is 9.94. The molecule has 0 bridgehead atoms. The molecule has 0 aliphatic heterocycles.